The van der Waals surface area contributed by atoms with E-state index in [0.29, 0.717) is 24.4 Å². The largest absolute Gasteiger partial charge is 0.467 e. The molecule has 6 heteroatoms. The van der Waals surface area contributed by atoms with Gasteiger partial charge in [-0.3, -0.25) is 9.59 Å². The van der Waals surface area contributed by atoms with Gasteiger partial charge in [-0.25, -0.2) is 4.39 Å². The highest BCUT2D eigenvalue weighted by molar-refractivity contribution is 5.89. The Bertz CT molecular complexity index is 700. The van der Waals surface area contributed by atoms with Crippen molar-refractivity contribution in [3.63, 3.8) is 0 Å². The molecule has 0 bridgehead atoms. The summed E-state index contributed by atoms with van der Waals surface area (Å²) in [5, 5.41) is 2.76. The molecule has 1 saturated heterocycles. The summed E-state index contributed by atoms with van der Waals surface area (Å²) in [6, 6.07) is 9.86. The van der Waals surface area contributed by atoms with Crippen molar-refractivity contribution in [1.82, 2.24) is 10.2 Å². The third kappa shape index (κ3) is 3.59. The van der Waals surface area contributed by atoms with Crippen molar-refractivity contribution in [2.24, 2.45) is 5.92 Å². The van der Waals surface area contributed by atoms with Crippen molar-refractivity contribution < 1.29 is 18.4 Å². The molecule has 2 aromatic rings. The Morgan fingerprint density at radius 2 is 2.13 bits per heavy atom. The molecular weight excluding hydrogens is 299 g/mol. The second kappa shape index (κ2) is 6.64. The van der Waals surface area contributed by atoms with Crippen molar-refractivity contribution in [2.45, 2.75) is 19.5 Å². The number of rotatable bonds is 5. The monoisotopic (exact) mass is 316 g/mol. The van der Waals surface area contributed by atoms with Crippen molar-refractivity contribution >= 4 is 11.8 Å². The maximum atomic E-state index is 13.7. The summed E-state index contributed by atoms with van der Waals surface area (Å²) >= 11 is 0. The Morgan fingerprint density at radius 3 is 2.87 bits per heavy atom. The van der Waals surface area contributed by atoms with Gasteiger partial charge in [0.15, 0.2) is 0 Å². The van der Waals surface area contributed by atoms with Gasteiger partial charge in [0, 0.05) is 25.1 Å². The molecule has 5 nitrogen and oxygen atoms in total. The number of carbonyl (C=O) groups is 2. The molecule has 1 fully saturated rings. The van der Waals surface area contributed by atoms with E-state index in [4.69, 9.17) is 4.42 Å². The van der Waals surface area contributed by atoms with E-state index in [-0.39, 0.29) is 30.6 Å². The summed E-state index contributed by atoms with van der Waals surface area (Å²) in [5.41, 5.74) is 0.456. The van der Waals surface area contributed by atoms with Crippen LogP contribution in [-0.2, 0) is 22.7 Å². The van der Waals surface area contributed by atoms with E-state index in [9.17, 15) is 14.0 Å². The Kier molecular flexibility index (Phi) is 4.41. The fourth-order valence-electron chi connectivity index (χ4n) is 2.66. The molecule has 0 radical (unpaired) electrons. The highest BCUT2D eigenvalue weighted by Gasteiger charge is 2.34. The smallest absolute Gasteiger partial charge is 0.225 e. The van der Waals surface area contributed by atoms with E-state index in [1.54, 1.807) is 30.3 Å². The van der Waals surface area contributed by atoms with E-state index in [1.807, 2.05) is 0 Å². The van der Waals surface area contributed by atoms with Crippen molar-refractivity contribution in [3.05, 3.63) is 59.8 Å². The topological polar surface area (TPSA) is 62.6 Å². The molecule has 0 saturated carbocycles. The van der Waals surface area contributed by atoms with Crippen LogP contribution >= 0.6 is 0 Å². The zero-order valence-corrected chi connectivity index (χ0v) is 12.5. The summed E-state index contributed by atoms with van der Waals surface area (Å²) in [5.74, 6) is -0.418. The predicted molar refractivity (Wildman–Crippen MR) is 80.5 cm³/mol. The van der Waals surface area contributed by atoms with E-state index < -0.39 is 5.92 Å². The van der Waals surface area contributed by atoms with E-state index in [2.05, 4.69) is 5.32 Å². The Morgan fingerprint density at radius 1 is 1.30 bits per heavy atom. The maximum Gasteiger partial charge on any atom is 0.225 e. The van der Waals surface area contributed by atoms with Crippen LogP contribution in [-0.4, -0.2) is 23.3 Å². The summed E-state index contributed by atoms with van der Waals surface area (Å²) in [4.78, 5) is 25.7. The fraction of sp³-hybridized carbons (Fsp3) is 0.294. The van der Waals surface area contributed by atoms with Gasteiger partial charge in [-0.05, 0) is 18.2 Å². The number of carbonyl (C=O) groups excluding carboxylic acids is 2. The first-order valence-corrected chi connectivity index (χ1v) is 7.45. The molecule has 0 aliphatic carbocycles. The van der Waals surface area contributed by atoms with Crippen molar-refractivity contribution in [3.8, 4) is 0 Å². The molecule has 23 heavy (non-hydrogen) atoms. The molecule has 2 amide bonds. The number of likely N-dealkylation sites (tertiary alicyclic amines) is 1. The first-order valence-electron chi connectivity index (χ1n) is 7.45. The van der Waals surface area contributed by atoms with Crippen LogP contribution < -0.4 is 5.32 Å². The lowest BCUT2D eigenvalue weighted by Gasteiger charge is -2.17. The quantitative estimate of drug-likeness (QED) is 0.918. The number of halogens is 1. The molecule has 1 aromatic carbocycles. The predicted octanol–water partition coefficient (Wildman–Crippen LogP) is 2.08. The number of hydrogen-bond acceptors (Lipinski definition) is 3. The fourth-order valence-corrected chi connectivity index (χ4v) is 2.66. The Labute approximate surface area is 133 Å². The van der Waals surface area contributed by atoms with Crippen molar-refractivity contribution in [2.75, 3.05) is 6.54 Å². The second-order valence-corrected chi connectivity index (χ2v) is 5.56. The van der Waals surface area contributed by atoms with Crippen LogP contribution in [0.5, 0.6) is 0 Å². The molecule has 3 rings (SSSR count). The number of hydrogen-bond donors (Lipinski definition) is 1. The lowest BCUT2D eigenvalue weighted by molar-refractivity contribution is -0.129. The number of amides is 2. The van der Waals surface area contributed by atoms with Crippen LogP contribution in [0.4, 0.5) is 4.39 Å². The second-order valence-electron chi connectivity index (χ2n) is 5.56. The summed E-state index contributed by atoms with van der Waals surface area (Å²) in [6.07, 6.45) is 1.69. The molecule has 120 valence electrons. The molecule has 1 aliphatic heterocycles. The average molecular weight is 316 g/mol. The lowest BCUT2D eigenvalue weighted by Crippen LogP contribution is -2.32. The number of benzene rings is 1. The van der Waals surface area contributed by atoms with Gasteiger partial charge in [0.05, 0.1) is 18.7 Å². The van der Waals surface area contributed by atoms with Gasteiger partial charge in [-0.15, -0.1) is 0 Å². The summed E-state index contributed by atoms with van der Waals surface area (Å²) in [6.45, 7) is 0.786. The Hall–Kier alpha value is -2.63. The van der Waals surface area contributed by atoms with Crippen molar-refractivity contribution in [1.29, 1.82) is 0 Å². The first kappa shape index (κ1) is 15.3. The molecule has 0 spiro atoms. The van der Waals surface area contributed by atoms with E-state index >= 15 is 0 Å². The zero-order chi connectivity index (χ0) is 16.2. The van der Waals surface area contributed by atoms with Crippen LogP contribution in [0, 0.1) is 11.7 Å². The Balaban J connectivity index is 1.56. The molecule has 1 atom stereocenters. The molecule has 0 unspecified atom stereocenters. The van der Waals surface area contributed by atoms with Gasteiger partial charge < -0.3 is 14.6 Å². The number of nitrogens with one attached hydrogen (secondary N) is 1. The van der Waals surface area contributed by atoms with E-state index in [1.165, 1.54) is 17.2 Å². The van der Waals surface area contributed by atoms with Crippen LogP contribution in [0.2, 0.25) is 0 Å². The van der Waals surface area contributed by atoms with Crippen LogP contribution in [0.3, 0.4) is 0 Å². The molecule has 1 aromatic heterocycles. The molecular formula is C17H17FN2O3. The highest BCUT2D eigenvalue weighted by Crippen LogP contribution is 2.21. The molecule has 1 aliphatic rings. The minimum absolute atomic E-state index is 0.133. The minimum Gasteiger partial charge on any atom is -0.467 e. The standard InChI is InChI=1S/C17H17FN2O3/c18-15-6-2-1-4-12(15)10-20-11-13(8-16(20)21)17(22)19-9-14-5-3-7-23-14/h1-7,13H,8-11H2,(H,19,22)/t13-/m1/s1. The van der Waals surface area contributed by atoms with Crippen LogP contribution in [0.1, 0.15) is 17.7 Å². The normalized spacial score (nSPS) is 17.5. The summed E-state index contributed by atoms with van der Waals surface area (Å²) in [7, 11) is 0. The average Bonchev–Trinajstić information content (AvgIpc) is 3.18. The maximum absolute atomic E-state index is 13.7. The number of nitrogens with zero attached hydrogens (tertiary/aromatic N) is 1. The van der Waals surface area contributed by atoms with Gasteiger partial charge in [0.25, 0.3) is 0 Å². The van der Waals surface area contributed by atoms with Gasteiger partial charge in [0.2, 0.25) is 11.8 Å². The third-order valence-electron chi connectivity index (χ3n) is 3.92. The van der Waals surface area contributed by atoms with Gasteiger partial charge in [-0.2, -0.15) is 0 Å². The van der Waals surface area contributed by atoms with Gasteiger partial charge in [0.1, 0.15) is 11.6 Å². The zero-order valence-electron chi connectivity index (χ0n) is 12.5. The van der Waals surface area contributed by atoms with E-state index in [0.717, 1.165) is 0 Å². The van der Waals surface area contributed by atoms with Gasteiger partial charge in [-0.1, -0.05) is 18.2 Å². The molecule has 2 heterocycles. The highest BCUT2D eigenvalue weighted by atomic mass is 19.1. The van der Waals surface area contributed by atoms with Gasteiger partial charge >= 0.3 is 0 Å². The number of furan rings is 1. The lowest BCUT2D eigenvalue weighted by atomic mass is 10.1. The SMILES string of the molecule is O=C(NCc1ccco1)[C@@H]1CC(=O)N(Cc2ccccc2F)C1. The molecule has 1 N–H and O–H groups in total. The van der Waals surface area contributed by atoms with Crippen LogP contribution in [0.15, 0.2) is 47.1 Å². The first-order chi connectivity index (χ1) is 11.1. The minimum atomic E-state index is -0.413. The summed E-state index contributed by atoms with van der Waals surface area (Å²) < 4.78 is 18.8. The van der Waals surface area contributed by atoms with Crippen LogP contribution in [0.25, 0.3) is 0 Å². The third-order valence-corrected chi connectivity index (χ3v) is 3.92.